The highest BCUT2D eigenvalue weighted by atomic mass is 16.5. The number of carboxylic acid groups (broad SMARTS) is 1. The van der Waals surface area contributed by atoms with Crippen molar-refractivity contribution in [3.05, 3.63) is 114 Å². The molecular formula is C38H39N5O5. The lowest BCUT2D eigenvalue weighted by Gasteiger charge is -2.18. The first-order valence-electron chi connectivity index (χ1n) is 16.1. The van der Waals surface area contributed by atoms with Crippen LogP contribution in [0, 0.1) is 5.92 Å². The quantitative estimate of drug-likeness (QED) is 0.118. The Bertz CT molecular complexity index is 1890. The molecule has 4 N–H and O–H groups in total. The standard InChI is InChI=1S/C38H39N5O5/c1-25(2)35(37(45)46)41-38(47)40-29-13-19-32(20-14-29)48-31-17-11-28(12-18-31)39-36(44)26-9-15-30(16-10-26)43-24-27(23-42-21-5-6-22-42)33-7-3-4-8-34(33)43/h3-4,7-20,24-25,35H,5-6,21-23H2,1-2H3,(H,39,44)(H,45,46)(H2,40,41,47). The molecule has 0 saturated carbocycles. The number of aromatic nitrogens is 1. The Morgan fingerprint density at radius 3 is 2.00 bits per heavy atom. The van der Waals surface area contributed by atoms with E-state index in [4.69, 9.17) is 4.74 Å². The summed E-state index contributed by atoms with van der Waals surface area (Å²) in [6.07, 6.45) is 4.74. The fourth-order valence-electron chi connectivity index (χ4n) is 5.92. The van der Waals surface area contributed by atoms with Gasteiger partial charge in [0.15, 0.2) is 0 Å². The zero-order chi connectivity index (χ0) is 33.6. The fourth-order valence-corrected chi connectivity index (χ4v) is 5.92. The number of hydrogen-bond donors (Lipinski definition) is 4. The predicted molar refractivity (Wildman–Crippen MR) is 187 cm³/mol. The summed E-state index contributed by atoms with van der Waals surface area (Å²) in [5.74, 6) is -0.447. The van der Waals surface area contributed by atoms with E-state index in [1.807, 2.05) is 24.3 Å². The maximum atomic E-state index is 13.1. The summed E-state index contributed by atoms with van der Waals surface area (Å²) in [6.45, 7) is 6.68. The number of rotatable bonds is 11. The van der Waals surface area contributed by atoms with Crippen molar-refractivity contribution in [2.75, 3.05) is 23.7 Å². The molecule has 1 aliphatic heterocycles. The summed E-state index contributed by atoms with van der Waals surface area (Å²) in [5, 5.41) is 18.6. The van der Waals surface area contributed by atoms with Crippen molar-refractivity contribution in [3.63, 3.8) is 0 Å². The van der Waals surface area contributed by atoms with Crippen LogP contribution in [0.25, 0.3) is 16.6 Å². The van der Waals surface area contributed by atoms with E-state index in [1.54, 1.807) is 62.4 Å². The molecule has 5 aromatic rings. The molecule has 6 rings (SSSR count). The number of carboxylic acids is 1. The second-order valence-electron chi connectivity index (χ2n) is 12.3. The number of nitrogens with one attached hydrogen (secondary N) is 3. The number of anilines is 2. The molecule has 1 saturated heterocycles. The van der Waals surface area contributed by atoms with Crippen molar-refractivity contribution >= 4 is 40.2 Å². The molecule has 3 amide bonds. The van der Waals surface area contributed by atoms with Crippen LogP contribution < -0.4 is 20.7 Å². The molecule has 1 aromatic heterocycles. The smallest absolute Gasteiger partial charge is 0.326 e. The number of benzene rings is 4. The van der Waals surface area contributed by atoms with Crippen LogP contribution in [0.5, 0.6) is 11.5 Å². The molecule has 10 nitrogen and oxygen atoms in total. The van der Waals surface area contributed by atoms with Crippen LogP contribution in [0.4, 0.5) is 16.2 Å². The van der Waals surface area contributed by atoms with Crippen LogP contribution in [0.3, 0.4) is 0 Å². The highest BCUT2D eigenvalue weighted by Gasteiger charge is 2.23. The Labute approximate surface area is 279 Å². The number of likely N-dealkylation sites (tertiary alicyclic amines) is 1. The summed E-state index contributed by atoms with van der Waals surface area (Å²) in [5.41, 5.74) is 5.14. The minimum absolute atomic E-state index is 0.211. The molecule has 1 aliphatic rings. The SMILES string of the molecule is CC(C)C(NC(=O)Nc1ccc(Oc2ccc(NC(=O)c3ccc(-n4cc(CN5CCCC5)c5ccccc54)cc3)cc2)cc1)C(=O)O. The molecule has 2 heterocycles. The van der Waals surface area contributed by atoms with Gasteiger partial charge in [-0.3, -0.25) is 9.69 Å². The number of carbonyl (C=O) groups is 3. The molecule has 0 aliphatic carbocycles. The summed E-state index contributed by atoms with van der Waals surface area (Å²) in [4.78, 5) is 39.1. The lowest BCUT2D eigenvalue weighted by atomic mass is 10.1. The van der Waals surface area contributed by atoms with Gasteiger partial charge in [0.1, 0.15) is 17.5 Å². The zero-order valence-electron chi connectivity index (χ0n) is 27.0. The van der Waals surface area contributed by atoms with Gasteiger partial charge in [-0.1, -0.05) is 32.0 Å². The van der Waals surface area contributed by atoms with Crippen LogP contribution >= 0.6 is 0 Å². The number of fused-ring (bicyclic) bond motifs is 1. The van der Waals surface area contributed by atoms with Gasteiger partial charge in [-0.25, -0.2) is 9.59 Å². The Morgan fingerprint density at radius 1 is 0.792 bits per heavy atom. The monoisotopic (exact) mass is 645 g/mol. The number of ether oxygens (including phenoxy) is 1. The largest absolute Gasteiger partial charge is 0.480 e. The van der Waals surface area contributed by atoms with E-state index < -0.39 is 18.0 Å². The lowest BCUT2D eigenvalue weighted by Crippen LogP contribution is -2.46. The van der Waals surface area contributed by atoms with Gasteiger partial charge in [0.2, 0.25) is 0 Å². The average Bonchev–Trinajstić information content (AvgIpc) is 3.74. The maximum Gasteiger partial charge on any atom is 0.326 e. The highest BCUT2D eigenvalue weighted by molar-refractivity contribution is 6.04. The van der Waals surface area contributed by atoms with E-state index >= 15 is 0 Å². The van der Waals surface area contributed by atoms with Crippen molar-refractivity contribution in [3.8, 4) is 17.2 Å². The van der Waals surface area contributed by atoms with E-state index in [0.29, 0.717) is 28.4 Å². The molecule has 0 bridgehead atoms. The molecule has 0 radical (unpaired) electrons. The van der Waals surface area contributed by atoms with Gasteiger partial charge in [0.25, 0.3) is 5.91 Å². The van der Waals surface area contributed by atoms with Gasteiger partial charge in [-0.15, -0.1) is 0 Å². The molecular weight excluding hydrogens is 606 g/mol. The Kier molecular flexibility index (Phi) is 9.73. The number of nitrogens with zero attached hydrogens (tertiary/aromatic N) is 2. The number of carbonyl (C=O) groups excluding carboxylic acids is 2. The van der Waals surface area contributed by atoms with Crippen molar-refractivity contribution in [2.24, 2.45) is 5.92 Å². The average molecular weight is 646 g/mol. The molecule has 1 fully saturated rings. The first-order valence-corrected chi connectivity index (χ1v) is 16.1. The first kappa shape index (κ1) is 32.3. The van der Waals surface area contributed by atoms with Crippen molar-refractivity contribution in [1.82, 2.24) is 14.8 Å². The lowest BCUT2D eigenvalue weighted by molar-refractivity contribution is -0.140. The predicted octanol–water partition coefficient (Wildman–Crippen LogP) is 7.50. The Balaban J connectivity index is 1.04. The van der Waals surface area contributed by atoms with Gasteiger partial charge < -0.3 is 30.4 Å². The molecule has 0 spiro atoms. The van der Waals surface area contributed by atoms with Gasteiger partial charge in [-0.2, -0.15) is 0 Å². The van der Waals surface area contributed by atoms with E-state index in [0.717, 1.165) is 30.8 Å². The fraction of sp³-hybridized carbons (Fsp3) is 0.237. The van der Waals surface area contributed by atoms with Crippen LogP contribution in [-0.2, 0) is 11.3 Å². The third kappa shape index (κ3) is 7.67. The highest BCUT2D eigenvalue weighted by Crippen LogP contribution is 2.28. The van der Waals surface area contributed by atoms with E-state index in [-0.39, 0.29) is 11.8 Å². The molecule has 10 heteroatoms. The molecule has 48 heavy (non-hydrogen) atoms. The second kappa shape index (κ2) is 14.4. The summed E-state index contributed by atoms with van der Waals surface area (Å²) in [6, 6.07) is 28.3. The second-order valence-corrected chi connectivity index (χ2v) is 12.3. The minimum atomic E-state index is -1.09. The van der Waals surface area contributed by atoms with E-state index in [2.05, 4.69) is 55.9 Å². The number of para-hydroxylation sites is 1. The van der Waals surface area contributed by atoms with E-state index in [9.17, 15) is 19.5 Å². The topological polar surface area (TPSA) is 125 Å². The van der Waals surface area contributed by atoms with Crippen molar-refractivity contribution < 1.29 is 24.2 Å². The number of hydrogen-bond acceptors (Lipinski definition) is 5. The summed E-state index contributed by atoms with van der Waals surface area (Å²) in [7, 11) is 0. The van der Waals surface area contributed by atoms with E-state index in [1.165, 1.54) is 23.8 Å². The van der Waals surface area contributed by atoms with Crippen molar-refractivity contribution in [1.29, 1.82) is 0 Å². The maximum absolute atomic E-state index is 13.1. The number of amides is 3. The molecule has 1 atom stereocenters. The van der Waals surface area contributed by atoms with Crippen LogP contribution in [0.15, 0.2) is 103 Å². The molecule has 1 unspecified atom stereocenters. The van der Waals surface area contributed by atoms with Gasteiger partial charge in [-0.05, 0) is 116 Å². The van der Waals surface area contributed by atoms with Gasteiger partial charge in [0, 0.05) is 40.8 Å². The third-order valence-electron chi connectivity index (χ3n) is 8.47. The summed E-state index contributed by atoms with van der Waals surface area (Å²) < 4.78 is 8.11. The van der Waals surface area contributed by atoms with Crippen LogP contribution in [-0.4, -0.2) is 51.6 Å². The molecule has 4 aromatic carbocycles. The Hall–Kier alpha value is -5.61. The minimum Gasteiger partial charge on any atom is -0.480 e. The van der Waals surface area contributed by atoms with Crippen molar-refractivity contribution in [2.45, 2.75) is 39.3 Å². The number of aliphatic carboxylic acids is 1. The van der Waals surface area contributed by atoms with Gasteiger partial charge in [0.05, 0.1) is 5.52 Å². The molecule has 246 valence electrons. The third-order valence-corrected chi connectivity index (χ3v) is 8.47. The number of urea groups is 1. The zero-order valence-corrected chi connectivity index (χ0v) is 27.0. The first-order chi connectivity index (χ1) is 23.2. The van der Waals surface area contributed by atoms with Gasteiger partial charge >= 0.3 is 12.0 Å². The normalized spacial score (nSPS) is 13.7. The van der Waals surface area contributed by atoms with Crippen LogP contribution in [0.2, 0.25) is 0 Å². The Morgan fingerprint density at radius 2 is 1.40 bits per heavy atom. The summed E-state index contributed by atoms with van der Waals surface area (Å²) >= 11 is 0. The van der Waals surface area contributed by atoms with Crippen LogP contribution in [0.1, 0.15) is 42.6 Å².